The number of carbonyl (C=O) groups excluding carboxylic acids is 3. The predicted molar refractivity (Wildman–Crippen MR) is 85.1 cm³/mol. The first kappa shape index (κ1) is 17.9. The molecule has 0 unspecified atom stereocenters. The van der Waals surface area contributed by atoms with E-state index in [1.54, 1.807) is 6.92 Å². The van der Waals surface area contributed by atoms with Crippen LogP contribution in [-0.2, 0) is 19.4 Å². The van der Waals surface area contributed by atoms with Crippen molar-refractivity contribution < 1.29 is 27.5 Å². The van der Waals surface area contributed by atoms with Crippen LogP contribution in [0.4, 0.5) is 0 Å². The third kappa shape index (κ3) is 4.54. The Morgan fingerprint density at radius 1 is 1.21 bits per heavy atom. The molecule has 1 aromatic carbocycles. The van der Waals surface area contributed by atoms with Gasteiger partial charge in [-0.1, -0.05) is 0 Å². The number of amides is 2. The highest BCUT2D eigenvalue weighted by atomic mass is 32.2. The van der Waals surface area contributed by atoms with Gasteiger partial charge in [0, 0.05) is 5.56 Å². The smallest absolute Gasteiger partial charge is 0.338 e. The van der Waals surface area contributed by atoms with Gasteiger partial charge in [-0.2, -0.15) is 0 Å². The molecule has 0 aromatic heterocycles. The van der Waals surface area contributed by atoms with E-state index in [4.69, 9.17) is 10.5 Å². The number of sulfone groups is 1. The molecule has 0 spiro atoms. The minimum absolute atomic E-state index is 0.0236. The van der Waals surface area contributed by atoms with E-state index in [-0.39, 0.29) is 22.6 Å². The average Bonchev–Trinajstić information content (AvgIpc) is 2.78. The van der Waals surface area contributed by atoms with Crippen molar-refractivity contribution in [1.29, 1.82) is 0 Å². The minimum Gasteiger partial charge on any atom is -0.452 e. The van der Waals surface area contributed by atoms with Crippen LogP contribution in [0.3, 0.4) is 0 Å². The summed E-state index contributed by atoms with van der Waals surface area (Å²) in [5.74, 6) is -2.03. The number of esters is 1. The van der Waals surface area contributed by atoms with Crippen molar-refractivity contribution in [3.63, 3.8) is 0 Å². The number of carbonyl (C=O) groups is 3. The van der Waals surface area contributed by atoms with Crippen LogP contribution in [0.25, 0.3) is 0 Å². The lowest BCUT2D eigenvalue weighted by Crippen LogP contribution is -2.48. The molecule has 3 N–H and O–H groups in total. The van der Waals surface area contributed by atoms with Gasteiger partial charge in [-0.3, -0.25) is 9.59 Å². The van der Waals surface area contributed by atoms with E-state index in [9.17, 15) is 22.8 Å². The van der Waals surface area contributed by atoms with E-state index in [1.807, 2.05) is 0 Å². The summed E-state index contributed by atoms with van der Waals surface area (Å²) in [6.45, 7) is 1.12. The topological polar surface area (TPSA) is 133 Å². The van der Waals surface area contributed by atoms with Crippen LogP contribution in [0.1, 0.15) is 34.1 Å². The lowest BCUT2D eigenvalue weighted by atomic mass is 10.0. The van der Waals surface area contributed by atoms with Gasteiger partial charge < -0.3 is 15.8 Å². The normalized spacial score (nSPS) is 21.9. The molecule has 0 saturated carbocycles. The SMILES string of the molecule is C[C@]1(NC(=O)COC(=O)c2ccc(C(N)=O)cc2)CCS(=O)(=O)C1. The Hall–Kier alpha value is -2.42. The zero-order chi connectivity index (χ0) is 18.0. The molecule has 0 radical (unpaired) electrons. The van der Waals surface area contributed by atoms with Crippen LogP contribution in [0, 0.1) is 0 Å². The van der Waals surface area contributed by atoms with E-state index >= 15 is 0 Å². The highest BCUT2D eigenvalue weighted by molar-refractivity contribution is 7.91. The summed E-state index contributed by atoms with van der Waals surface area (Å²) in [5.41, 5.74) is 4.67. The third-order valence-electron chi connectivity index (χ3n) is 3.68. The van der Waals surface area contributed by atoms with E-state index in [1.165, 1.54) is 24.3 Å². The zero-order valence-corrected chi connectivity index (χ0v) is 13.9. The van der Waals surface area contributed by atoms with Crippen molar-refractivity contribution in [2.45, 2.75) is 18.9 Å². The van der Waals surface area contributed by atoms with Gasteiger partial charge in [-0.15, -0.1) is 0 Å². The summed E-state index contributed by atoms with van der Waals surface area (Å²) in [6.07, 6.45) is 0.323. The van der Waals surface area contributed by atoms with Gasteiger partial charge in [0.1, 0.15) is 0 Å². The number of benzene rings is 1. The van der Waals surface area contributed by atoms with Gasteiger partial charge in [0.25, 0.3) is 5.91 Å². The summed E-state index contributed by atoms with van der Waals surface area (Å²) in [4.78, 5) is 34.6. The molecule has 0 aliphatic carbocycles. The van der Waals surface area contributed by atoms with Crippen molar-refractivity contribution >= 4 is 27.6 Å². The largest absolute Gasteiger partial charge is 0.452 e. The number of nitrogens with two attached hydrogens (primary N) is 1. The highest BCUT2D eigenvalue weighted by Gasteiger charge is 2.39. The molecular formula is C15H18N2O6S. The van der Waals surface area contributed by atoms with E-state index in [0.717, 1.165) is 0 Å². The third-order valence-corrected chi connectivity index (χ3v) is 5.59. The van der Waals surface area contributed by atoms with Crippen molar-refractivity contribution in [3.05, 3.63) is 35.4 Å². The van der Waals surface area contributed by atoms with E-state index in [0.29, 0.717) is 6.42 Å². The zero-order valence-electron chi connectivity index (χ0n) is 13.1. The van der Waals surface area contributed by atoms with Gasteiger partial charge in [-0.05, 0) is 37.6 Å². The molecule has 1 aromatic rings. The Kier molecular flexibility index (Phi) is 4.93. The fraction of sp³-hybridized carbons (Fsp3) is 0.400. The predicted octanol–water partition coefficient (Wildman–Crippen LogP) is -0.364. The molecule has 1 saturated heterocycles. The molecule has 2 amide bonds. The number of hydrogen-bond acceptors (Lipinski definition) is 6. The molecule has 1 aliphatic heterocycles. The van der Waals surface area contributed by atoms with E-state index < -0.39 is 39.8 Å². The van der Waals surface area contributed by atoms with Gasteiger partial charge >= 0.3 is 5.97 Å². The minimum atomic E-state index is -3.15. The molecule has 2 rings (SSSR count). The van der Waals surface area contributed by atoms with E-state index in [2.05, 4.69) is 5.32 Å². The average molecular weight is 354 g/mol. The van der Waals surface area contributed by atoms with Crippen molar-refractivity contribution in [1.82, 2.24) is 5.32 Å². The van der Waals surface area contributed by atoms with Crippen LogP contribution >= 0.6 is 0 Å². The van der Waals surface area contributed by atoms with Crippen molar-refractivity contribution in [3.8, 4) is 0 Å². The van der Waals surface area contributed by atoms with Gasteiger partial charge in [0.05, 0.1) is 22.6 Å². The van der Waals surface area contributed by atoms with Crippen LogP contribution in [0.15, 0.2) is 24.3 Å². The molecule has 1 heterocycles. The quantitative estimate of drug-likeness (QED) is 0.694. The lowest BCUT2D eigenvalue weighted by molar-refractivity contribution is -0.125. The summed E-state index contributed by atoms with van der Waals surface area (Å²) in [5, 5.41) is 2.59. The molecule has 24 heavy (non-hydrogen) atoms. The van der Waals surface area contributed by atoms with Gasteiger partial charge in [0.2, 0.25) is 5.91 Å². The first-order valence-corrected chi connectivity index (χ1v) is 9.01. The molecule has 130 valence electrons. The Morgan fingerprint density at radius 2 is 1.79 bits per heavy atom. The maximum Gasteiger partial charge on any atom is 0.338 e. The summed E-state index contributed by atoms with van der Waals surface area (Å²) in [6, 6.07) is 5.49. The van der Waals surface area contributed by atoms with Gasteiger partial charge in [0.15, 0.2) is 16.4 Å². The first-order valence-electron chi connectivity index (χ1n) is 7.19. The second kappa shape index (κ2) is 6.60. The van der Waals surface area contributed by atoms with Gasteiger partial charge in [-0.25, -0.2) is 13.2 Å². The van der Waals surface area contributed by atoms with Crippen LogP contribution in [-0.4, -0.2) is 49.9 Å². The first-order chi connectivity index (χ1) is 11.1. The second-order valence-corrected chi connectivity index (χ2v) is 8.15. The summed E-state index contributed by atoms with van der Waals surface area (Å²) < 4.78 is 27.9. The molecule has 0 bridgehead atoms. The molecule has 1 fully saturated rings. The Labute approximate surface area is 139 Å². The number of primary amides is 1. The van der Waals surface area contributed by atoms with Crippen molar-refractivity contribution in [2.75, 3.05) is 18.1 Å². The molecule has 1 aliphatic rings. The molecule has 8 nitrogen and oxygen atoms in total. The monoisotopic (exact) mass is 354 g/mol. The lowest BCUT2D eigenvalue weighted by Gasteiger charge is -2.23. The Balaban J connectivity index is 1.87. The summed E-state index contributed by atoms with van der Waals surface area (Å²) >= 11 is 0. The number of nitrogens with one attached hydrogen (secondary N) is 1. The number of rotatable bonds is 5. The van der Waals surface area contributed by atoms with Crippen molar-refractivity contribution in [2.24, 2.45) is 5.73 Å². The number of hydrogen-bond donors (Lipinski definition) is 2. The summed E-state index contributed by atoms with van der Waals surface area (Å²) in [7, 11) is -3.15. The maximum atomic E-state index is 11.9. The Morgan fingerprint density at radius 3 is 2.29 bits per heavy atom. The van der Waals surface area contributed by atoms with Crippen LogP contribution in [0.5, 0.6) is 0 Å². The number of ether oxygens (including phenoxy) is 1. The standard InChI is InChI=1S/C15H18N2O6S/c1-15(6-7-24(21,22)9-15)17-12(18)8-23-14(20)11-4-2-10(3-5-11)13(16)19/h2-5H,6-9H2,1H3,(H2,16,19)(H,17,18)/t15-/m0/s1. The fourth-order valence-corrected chi connectivity index (χ4v) is 4.56. The second-order valence-electron chi connectivity index (χ2n) is 5.97. The van der Waals surface area contributed by atoms with Crippen LogP contribution < -0.4 is 11.1 Å². The maximum absolute atomic E-state index is 11.9. The Bertz CT molecular complexity index is 772. The highest BCUT2D eigenvalue weighted by Crippen LogP contribution is 2.22. The van der Waals surface area contributed by atoms with Crippen LogP contribution in [0.2, 0.25) is 0 Å². The molecular weight excluding hydrogens is 336 g/mol. The molecule has 9 heteroatoms. The fourth-order valence-electron chi connectivity index (χ4n) is 2.47. The molecule has 1 atom stereocenters.